The summed E-state index contributed by atoms with van der Waals surface area (Å²) < 4.78 is 5.99. The predicted molar refractivity (Wildman–Crippen MR) is 85.6 cm³/mol. The van der Waals surface area contributed by atoms with Crippen LogP contribution in [0.25, 0.3) is 0 Å². The summed E-state index contributed by atoms with van der Waals surface area (Å²) >= 11 is 8.26. The molecule has 0 amide bonds. The molecule has 2 aliphatic rings. The normalized spacial score (nSPS) is 23.6. The number of hydrogen-bond donors (Lipinski definition) is 1. The Bertz CT molecular complexity index is 536. The fraction of sp³-hybridized carbons (Fsp3) is 0.562. The zero-order valence-corrected chi connectivity index (χ0v) is 13.4. The van der Waals surface area contributed by atoms with E-state index >= 15 is 0 Å². The van der Waals surface area contributed by atoms with E-state index in [1.165, 1.54) is 12.2 Å². The molecule has 21 heavy (non-hydrogen) atoms. The van der Waals surface area contributed by atoms with Crippen LogP contribution in [0, 0.1) is 0 Å². The molecule has 0 radical (unpaired) electrons. The fourth-order valence-electron chi connectivity index (χ4n) is 2.92. The second kappa shape index (κ2) is 6.09. The number of benzene rings is 1. The Morgan fingerprint density at radius 3 is 2.86 bits per heavy atom. The minimum absolute atomic E-state index is 0.183. The SMILES string of the molecule is O=C(O)CC1(c2ccc(OC3CCCSC3)c(Cl)c2)CC1. The maximum Gasteiger partial charge on any atom is 0.304 e. The third-order valence-electron chi connectivity index (χ3n) is 4.30. The Labute approximate surface area is 134 Å². The number of carboxylic acids is 1. The number of halogens is 1. The molecule has 1 N–H and O–H groups in total. The lowest BCUT2D eigenvalue weighted by Crippen LogP contribution is -2.23. The van der Waals surface area contributed by atoms with Crippen LogP contribution in [0.15, 0.2) is 18.2 Å². The number of aliphatic carboxylic acids is 1. The summed E-state index contributed by atoms with van der Waals surface area (Å²) in [5.41, 5.74) is 0.828. The molecule has 1 heterocycles. The van der Waals surface area contributed by atoms with Gasteiger partial charge in [-0.1, -0.05) is 17.7 Å². The summed E-state index contributed by atoms with van der Waals surface area (Å²) in [5, 5.41) is 9.63. The Morgan fingerprint density at radius 2 is 2.29 bits per heavy atom. The third kappa shape index (κ3) is 3.49. The van der Waals surface area contributed by atoms with Crippen molar-refractivity contribution in [1.29, 1.82) is 0 Å². The lowest BCUT2D eigenvalue weighted by atomic mass is 9.92. The highest BCUT2D eigenvalue weighted by Crippen LogP contribution is 2.52. The van der Waals surface area contributed by atoms with E-state index in [0.717, 1.165) is 36.3 Å². The van der Waals surface area contributed by atoms with Crippen molar-refractivity contribution in [2.75, 3.05) is 11.5 Å². The van der Waals surface area contributed by atoms with Gasteiger partial charge in [-0.05, 0) is 49.1 Å². The highest BCUT2D eigenvalue weighted by atomic mass is 35.5. The van der Waals surface area contributed by atoms with Crippen molar-refractivity contribution in [2.24, 2.45) is 0 Å². The summed E-state index contributed by atoms with van der Waals surface area (Å²) in [6.45, 7) is 0. The standard InChI is InChI=1S/C16H19ClO3S/c17-13-8-11(16(5-6-16)9-15(18)19)3-4-14(13)20-12-2-1-7-21-10-12/h3-4,8,12H,1-2,5-7,9-10H2,(H,18,19). The minimum Gasteiger partial charge on any atom is -0.488 e. The van der Waals surface area contributed by atoms with Crippen LogP contribution in [0.3, 0.4) is 0 Å². The zero-order valence-electron chi connectivity index (χ0n) is 11.8. The van der Waals surface area contributed by atoms with Crippen molar-refractivity contribution in [3.05, 3.63) is 28.8 Å². The Morgan fingerprint density at radius 1 is 1.48 bits per heavy atom. The average molecular weight is 327 g/mol. The third-order valence-corrected chi connectivity index (χ3v) is 5.78. The first-order chi connectivity index (χ1) is 10.1. The molecule has 0 spiro atoms. The molecular weight excluding hydrogens is 308 g/mol. The van der Waals surface area contributed by atoms with Gasteiger partial charge in [0.1, 0.15) is 11.9 Å². The van der Waals surface area contributed by atoms with Gasteiger partial charge >= 0.3 is 5.97 Å². The van der Waals surface area contributed by atoms with E-state index in [1.807, 2.05) is 30.0 Å². The number of ether oxygens (including phenoxy) is 1. The predicted octanol–water partition coefficient (Wildman–Crippen LogP) is 4.12. The molecule has 1 aromatic rings. The molecular formula is C16H19ClO3S. The molecule has 1 aromatic carbocycles. The molecule has 0 aromatic heterocycles. The van der Waals surface area contributed by atoms with Crippen LogP contribution < -0.4 is 4.74 Å². The van der Waals surface area contributed by atoms with Gasteiger partial charge in [0.2, 0.25) is 0 Å². The van der Waals surface area contributed by atoms with Crippen LogP contribution in [0.5, 0.6) is 5.75 Å². The first-order valence-corrected chi connectivity index (χ1v) is 8.89. The van der Waals surface area contributed by atoms with Gasteiger partial charge in [-0.2, -0.15) is 11.8 Å². The van der Waals surface area contributed by atoms with Crippen LogP contribution in [0.4, 0.5) is 0 Å². The van der Waals surface area contributed by atoms with E-state index in [9.17, 15) is 4.79 Å². The highest BCUT2D eigenvalue weighted by Gasteiger charge is 2.46. The summed E-state index contributed by atoms with van der Waals surface area (Å²) in [4.78, 5) is 11.0. The van der Waals surface area contributed by atoms with Gasteiger partial charge < -0.3 is 9.84 Å². The highest BCUT2D eigenvalue weighted by molar-refractivity contribution is 7.99. The van der Waals surface area contributed by atoms with Crippen LogP contribution >= 0.6 is 23.4 Å². The fourth-order valence-corrected chi connectivity index (χ4v) is 4.18. The van der Waals surface area contributed by atoms with Crippen molar-refractivity contribution >= 4 is 29.3 Å². The monoisotopic (exact) mass is 326 g/mol. The summed E-state index contributed by atoms with van der Waals surface area (Å²) in [5.74, 6) is 2.20. The first kappa shape index (κ1) is 15.0. The van der Waals surface area contributed by atoms with Gasteiger partial charge in [0.25, 0.3) is 0 Å². The molecule has 1 saturated carbocycles. The zero-order chi connectivity index (χ0) is 14.9. The number of rotatable bonds is 5. The molecule has 2 fully saturated rings. The minimum atomic E-state index is -0.747. The number of carboxylic acid groups (broad SMARTS) is 1. The van der Waals surface area contributed by atoms with Crippen molar-refractivity contribution in [2.45, 2.75) is 43.6 Å². The maximum absolute atomic E-state index is 11.0. The Kier molecular flexibility index (Phi) is 4.36. The Hall–Kier alpha value is -0.870. The largest absolute Gasteiger partial charge is 0.488 e. The molecule has 1 atom stereocenters. The van der Waals surface area contributed by atoms with Crippen molar-refractivity contribution in [3.63, 3.8) is 0 Å². The molecule has 1 saturated heterocycles. The number of carbonyl (C=O) groups is 1. The van der Waals surface area contributed by atoms with E-state index in [-0.39, 0.29) is 17.9 Å². The molecule has 0 bridgehead atoms. The van der Waals surface area contributed by atoms with Crippen LogP contribution in [0.2, 0.25) is 5.02 Å². The second-order valence-electron chi connectivity index (χ2n) is 5.95. The molecule has 3 nitrogen and oxygen atoms in total. The lowest BCUT2D eigenvalue weighted by Gasteiger charge is -2.24. The molecule has 114 valence electrons. The van der Waals surface area contributed by atoms with Gasteiger partial charge in [-0.3, -0.25) is 4.79 Å². The number of thioether (sulfide) groups is 1. The van der Waals surface area contributed by atoms with Crippen molar-refractivity contribution < 1.29 is 14.6 Å². The summed E-state index contributed by atoms with van der Waals surface area (Å²) in [6.07, 6.45) is 4.54. The Balaban J connectivity index is 1.72. The average Bonchev–Trinajstić information content (AvgIpc) is 3.22. The quantitative estimate of drug-likeness (QED) is 0.884. The van der Waals surface area contributed by atoms with Gasteiger partial charge in [-0.15, -0.1) is 0 Å². The van der Waals surface area contributed by atoms with Gasteiger partial charge in [0.15, 0.2) is 0 Å². The van der Waals surface area contributed by atoms with Gasteiger partial charge in [-0.25, -0.2) is 0 Å². The van der Waals surface area contributed by atoms with Crippen molar-refractivity contribution in [3.8, 4) is 5.75 Å². The van der Waals surface area contributed by atoms with E-state index in [0.29, 0.717) is 5.02 Å². The summed E-state index contributed by atoms with van der Waals surface area (Å²) in [7, 11) is 0. The molecule has 1 unspecified atom stereocenters. The van der Waals surface area contributed by atoms with E-state index in [2.05, 4.69) is 0 Å². The van der Waals surface area contributed by atoms with E-state index < -0.39 is 5.97 Å². The number of hydrogen-bond acceptors (Lipinski definition) is 3. The molecule has 3 rings (SSSR count). The molecule has 5 heteroatoms. The van der Waals surface area contributed by atoms with Gasteiger partial charge in [0, 0.05) is 11.2 Å². The van der Waals surface area contributed by atoms with Gasteiger partial charge in [0.05, 0.1) is 11.4 Å². The molecule has 1 aliphatic carbocycles. The van der Waals surface area contributed by atoms with Crippen LogP contribution in [0.1, 0.15) is 37.7 Å². The maximum atomic E-state index is 11.0. The van der Waals surface area contributed by atoms with Crippen molar-refractivity contribution in [1.82, 2.24) is 0 Å². The molecule has 1 aliphatic heterocycles. The second-order valence-corrected chi connectivity index (χ2v) is 7.51. The topological polar surface area (TPSA) is 46.5 Å². The first-order valence-electron chi connectivity index (χ1n) is 7.35. The van der Waals surface area contributed by atoms with E-state index in [4.69, 9.17) is 21.4 Å². The smallest absolute Gasteiger partial charge is 0.304 e. The van der Waals surface area contributed by atoms with Crippen LogP contribution in [-0.2, 0) is 10.2 Å². The summed E-state index contributed by atoms with van der Waals surface area (Å²) in [6, 6.07) is 5.77. The van der Waals surface area contributed by atoms with E-state index in [1.54, 1.807) is 0 Å². The lowest BCUT2D eigenvalue weighted by molar-refractivity contribution is -0.137. The van der Waals surface area contributed by atoms with Crippen LogP contribution in [-0.4, -0.2) is 28.7 Å².